The first-order valence-corrected chi connectivity index (χ1v) is 7.50. The predicted molar refractivity (Wildman–Crippen MR) is 78.4 cm³/mol. The van der Waals surface area contributed by atoms with Gasteiger partial charge in [0.15, 0.2) is 0 Å². The van der Waals surface area contributed by atoms with Crippen molar-refractivity contribution in [2.24, 2.45) is 5.41 Å². The minimum Gasteiger partial charge on any atom is -0.274 e. The van der Waals surface area contributed by atoms with Crippen molar-refractivity contribution in [3.8, 4) is 6.07 Å². The lowest BCUT2D eigenvalue weighted by Gasteiger charge is -2.42. The van der Waals surface area contributed by atoms with Gasteiger partial charge in [0, 0.05) is 12.8 Å². The first kappa shape index (κ1) is 13.8. The monoisotopic (exact) mass is 282 g/mol. The third-order valence-electron chi connectivity index (χ3n) is 4.70. The van der Waals surface area contributed by atoms with Crippen LogP contribution in [-0.4, -0.2) is 11.8 Å². The van der Waals surface area contributed by atoms with Gasteiger partial charge in [-0.1, -0.05) is 25.3 Å². The molecule has 4 heteroatoms. The molecule has 3 rings (SSSR count). The molecule has 0 aromatic heterocycles. The lowest BCUT2D eigenvalue weighted by atomic mass is 9.67. The zero-order valence-corrected chi connectivity index (χ0v) is 12.0. The highest BCUT2D eigenvalue weighted by molar-refractivity contribution is 6.17. The third kappa shape index (κ3) is 2.56. The van der Waals surface area contributed by atoms with E-state index in [1.165, 1.54) is 11.3 Å². The number of amides is 2. The molecule has 1 saturated carbocycles. The van der Waals surface area contributed by atoms with E-state index in [0.717, 1.165) is 25.7 Å². The fourth-order valence-corrected chi connectivity index (χ4v) is 3.66. The van der Waals surface area contributed by atoms with Gasteiger partial charge in [0.05, 0.1) is 17.3 Å². The van der Waals surface area contributed by atoms with Crippen molar-refractivity contribution in [3.63, 3.8) is 0 Å². The van der Waals surface area contributed by atoms with Crippen LogP contribution >= 0.6 is 0 Å². The maximum Gasteiger partial charge on any atom is 0.234 e. The number of anilines is 1. The Morgan fingerprint density at radius 3 is 2.33 bits per heavy atom. The van der Waals surface area contributed by atoms with Gasteiger partial charge in [0.1, 0.15) is 0 Å². The number of rotatable bonds is 1. The molecule has 108 valence electrons. The van der Waals surface area contributed by atoms with E-state index in [0.29, 0.717) is 24.1 Å². The molecule has 1 aromatic rings. The summed E-state index contributed by atoms with van der Waals surface area (Å²) in [5.41, 5.74) is 0.885. The van der Waals surface area contributed by atoms with Crippen LogP contribution in [0.4, 0.5) is 5.69 Å². The molecule has 1 heterocycles. The second-order valence-electron chi connectivity index (χ2n) is 6.20. The Labute approximate surface area is 124 Å². The molecule has 2 fully saturated rings. The Morgan fingerprint density at radius 1 is 1.05 bits per heavy atom. The summed E-state index contributed by atoms with van der Waals surface area (Å²) in [6.45, 7) is 0. The third-order valence-corrected chi connectivity index (χ3v) is 4.70. The van der Waals surface area contributed by atoms with E-state index in [2.05, 4.69) is 0 Å². The van der Waals surface area contributed by atoms with Gasteiger partial charge in [-0.05, 0) is 36.5 Å². The van der Waals surface area contributed by atoms with Gasteiger partial charge in [-0.3, -0.25) is 14.5 Å². The summed E-state index contributed by atoms with van der Waals surface area (Å²) in [5, 5.41) is 8.95. The lowest BCUT2D eigenvalue weighted by molar-refractivity contribution is -0.134. The van der Waals surface area contributed by atoms with Crippen LogP contribution in [0.2, 0.25) is 0 Å². The Kier molecular flexibility index (Phi) is 3.50. The fourth-order valence-electron chi connectivity index (χ4n) is 3.66. The van der Waals surface area contributed by atoms with Crippen LogP contribution in [0.25, 0.3) is 0 Å². The quantitative estimate of drug-likeness (QED) is 0.743. The van der Waals surface area contributed by atoms with Crippen LogP contribution in [0.3, 0.4) is 0 Å². The first-order chi connectivity index (χ1) is 10.1. The number of nitriles is 1. The van der Waals surface area contributed by atoms with Gasteiger partial charge in [-0.2, -0.15) is 5.26 Å². The van der Waals surface area contributed by atoms with E-state index in [1.54, 1.807) is 24.3 Å². The highest BCUT2D eigenvalue weighted by Gasteiger charge is 2.44. The highest BCUT2D eigenvalue weighted by atomic mass is 16.2. The zero-order valence-electron chi connectivity index (χ0n) is 12.0. The highest BCUT2D eigenvalue weighted by Crippen LogP contribution is 2.46. The van der Waals surface area contributed by atoms with Crippen LogP contribution in [0.1, 0.15) is 50.5 Å². The average molecular weight is 282 g/mol. The van der Waals surface area contributed by atoms with Gasteiger partial charge >= 0.3 is 0 Å². The Morgan fingerprint density at radius 2 is 1.71 bits per heavy atom. The second kappa shape index (κ2) is 5.33. The molecule has 0 radical (unpaired) electrons. The number of hydrogen-bond donors (Lipinski definition) is 0. The van der Waals surface area contributed by atoms with Crippen LogP contribution in [0.5, 0.6) is 0 Å². The number of imide groups is 1. The normalized spacial score (nSPS) is 21.4. The number of carbonyl (C=O) groups is 2. The maximum absolute atomic E-state index is 12.5. The molecule has 0 N–H and O–H groups in total. The summed E-state index contributed by atoms with van der Waals surface area (Å²) in [5.74, 6) is -0.244. The maximum atomic E-state index is 12.5. The number of piperidine rings is 1. The molecule has 0 bridgehead atoms. The van der Waals surface area contributed by atoms with Gasteiger partial charge in [-0.25, -0.2) is 0 Å². The molecular formula is C17H18N2O2. The molecule has 1 saturated heterocycles. The topological polar surface area (TPSA) is 61.2 Å². The summed E-state index contributed by atoms with van der Waals surface area (Å²) < 4.78 is 0. The average Bonchev–Trinajstić information content (AvgIpc) is 2.47. The molecule has 2 aliphatic rings. The Balaban J connectivity index is 1.87. The summed E-state index contributed by atoms with van der Waals surface area (Å²) in [7, 11) is 0. The lowest BCUT2D eigenvalue weighted by Crippen LogP contribution is -2.48. The van der Waals surface area contributed by atoms with E-state index in [9.17, 15) is 9.59 Å². The molecule has 2 amide bonds. The van der Waals surface area contributed by atoms with E-state index in [4.69, 9.17) is 5.26 Å². The predicted octanol–water partition coefficient (Wildman–Crippen LogP) is 3.16. The Hall–Kier alpha value is -2.15. The van der Waals surface area contributed by atoms with Crippen molar-refractivity contribution in [2.75, 3.05) is 4.90 Å². The molecule has 0 atom stereocenters. The van der Waals surface area contributed by atoms with E-state index in [1.807, 2.05) is 6.07 Å². The van der Waals surface area contributed by atoms with Gasteiger partial charge in [0.2, 0.25) is 11.8 Å². The van der Waals surface area contributed by atoms with Crippen LogP contribution < -0.4 is 4.90 Å². The SMILES string of the molecule is N#Cc1cccc(N2C(=O)CC3(CCCCC3)CC2=O)c1. The van der Waals surface area contributed by atoms with Gasteiger partial charge < -0.3 is 0 Å². The van der Waals surface area contributed by atoms with Crippen molar-refractivity contribution in [1.29, 1.82) is 5.26 Å². The van der Waals surface area contributed by atoms with Crippen LogP contribution in [0, 0.1) is 16.7 Å². The first-order valence-electron chi connectivity index (χ1n) is 7.50. The number of carbonyl (C=O) groups excluding carboxylic acids is 2. The van der Waals surface area contributed by atoms with E-state index < -0.39 is 0 Å². The van der Waals surface area contributed by atoms with Crippen molar-refractivity contribution in [1.82, 2.24) is 0 Å². The smallest absolute Gasteiger partial charge is 0.234 e. The van der Waals surface area contributed by atoms with E-state index >= 15 is 0 Å². The standard InChI is InChI=1S/C17H18N2O2/c18-12-13-5-4-6-14(9-13)19-15(20)10-17(11-16(19)21)7-2-1-3-8-17/h4-6,9H,1-3,7-8,10-11H2. The molecule has 1 spiro atoms. The molecule has 1 aliphatic heterocycles. The van der Waals surface area contributed by atoms with Crippen LogP contribution in [0.15, 0.2) is 24.3 Å². The molecule has 1 aliphatic carbocycles. The van der Waals surface area contributed by atoms with Gasteiger partial charge in [-0.15, -0.1) is 0 Å². The summed E-state index contributed by atoms with van der Waals surface area (Å²) in [6.07, 6.45) is 6.31. The molecule has 1 aromatic carbocycles. The fraction of sp³-hybridized carbons (Fsp3) is 0.471. The minimum absolute atomic E-state index is 0.101. The summed E-state index contributed by atoms with van der Waals surface area (Å²) in [4.78, 5) is 26.3. The molecule has 21 heavy (non-hydrogen) atoms. The zero-order chi connectivity index (χ0) is 14.9. The Bertz CT molecular complexity index is 604. The molecule has 0 unspecified atom stereocenters. The minimum atomic E-state index is -0.122. The van der Waals surface area contributed by atoms with Crippen molar-refractivity contribution in [3.05, 3.63) is 29.8 Å². The number of hydrogen-bond acceptors (Lipinski definition) is 3. The number of benzene rings is 1. The van der Waals surface area contributed by atoms with Crippen LogP contribution in [-0.2, 0) is 9.59 Å². The largest absolute Gasteiger partial charge is 0.274 e. The number of nitrogens with zero attached hydrogens (tertiary/aromatic N) is 2. The summed E-state index contributed by atoms with van der Waals surface area (Å²) >= 11 is 0. The molecule has 4 nitrogen and oxygen atoms in total. The van der Waals surface area contributed by atoms with Crippen molar-refractivity contribution in [2.45, 2.75) is 44.9 Å². The summed E-state index contributed by atoms with van der Waals surface area (Å²) in [6, 6.07) is 8.75. The molecular weight excluding hydrogens is 264 g/mol. The second-order valence-corrected chi connectivity index (χ2v) is 6.20. The van der Waals surface area contributed by atoms with Gasteiger partial charge in [0.25, 0.3) is 0 Å². The van der Waals surface area contributed by atoms with E-state index in [-0.39, 0.29) is 17.2 Å². The van der Waals surface area contributed by atoms with Crippen molar-refractivity contribution >= 4 is 17.5 Å². The van der Waals surface area contributed by atoms with Crippen molar-refractivity contribution < 1.29 is 9.59 Å².